The lowest BCUT2D eigenvalue weighted by atomic mass is 10.1. The molecule has 1 fully saturated rings. The van der Waals surface area contributed by atoms with Crippen molar-refractivity contribution in [1.82, 2.24) is 0 Å². The Kier molecular flexibility index (Phi) is 1.67. The number of benzene rings is 1. The van der Waals surface area contributed by atoms with E-state index in [-0.39, 0.29) is 6.10 Å². The van der Waals surface area contributed by atoms with Crippen LogP contribution in [-0.4, -0.2) is 17.0 Å². The molecule has 1 heterocycles. The molecule has 2 rings (SSSR count). The van der Waals surface area contributed by atoms with Gasteiger partial charge < -0.3 is 9.84 Å². The van der Waals surface area contributed by atoms with Crippen LogP contribution in [0.3, 0.4) is 0 Å². The molecule has 1 aliphatic heterocycles. The molecule has 64 valence electrons. The van der Waals surface area contributed by atoms with Gasteiger partial charge in [0.25, 0.3) is 0 Å². The fourth-order valence-corrected chi connectivity index (χ4v) is 1.35. The molecule has 1 N–H and O–H groups in total. The Balaban J connectivity index is 2.06. The zero-order valence-corrected chi connectivity index (χ0v) is 7.03. The highest BCUT2D eigenvalue weighted by atomic mass is 16.7. The number of rotatable bonds is 2. The molecule has 1 aliphatic rings. The van der Waals surface area contributed by atoms with Gasteiger partial charge in [-0.25, -0.2) is 0 Å². The van der Waals surface area contributed by atoms with E-state index in [1.165, 1.54) is 0 Å². The number of ether oxygens (including phenoxy) is 1. The summed E-state index contributed by atoms with van der Waals surface area (Å²) in [6.07, 6.45) is 0.576. The van der Waals surface area contributed by atoms with Gasteiger partial charge in [-0.3, -0.25) is 0 Å². The van der Waals surface area contributed by atoms with Crippen molar-refractivity contribution in [1.29, 1.82) is 0 Å². The lowest BCUT2D eigenvalue weighted by Crippen LogP contribution is -2.16. The summed E-state index contributed by atoms with van der Waals surface area (Å²) in [6, 6.07) is 9.88. The molecule has 2 heteroatoms. The van der Waals surface area contributed by atoms with Gasteiger partial charge in [-0.2, -0.15) is 0 Å². The van der Waals surface area contributed by atoms with E-state index in [2.05, 4.69) is 0 Å². The summed E-state index contributed by atoms with van der Waals surface area (Å²) in [4.78, 5) is 0. The lowest BCUT2D eigenvalue weighted by Gasteiger charge is -2.03. The van der Waals surface area contributed by atoms with Crippen molar-refractivity contribution < 1.29 is 9.84 Å². The first kappa shape index (κ1) is 7.77. The second kappa shape index (κ2) is 2.57. The van der Waals surface area contributed by atoms with Gasteiger partial charge in [-0.15, -0.1) is 0 Å². The van der Waals surface area contributed by atoms with E-state index in [1.807, 2.05) is 37.3 Å². The zero-order valence-electron chi connectivity index (χ0n) is 7.03. The van der Waals surface area contributed by atoms with Crippen LogP contribution in [0.15, 0.2) is 30.3 Å². The van der Waals surface area contributed by atoms with E-state index in [0.29, 0.717) is 6.42 Å². The zero-order chi connectivity index (χ0) is 8.60. The molecule has 1 aromatic carbocycles. The Bertz CT molecular complexity index is 270. The molecule has 0 saturated carbocycles. The molecule has 1 saturated heterocycles. The highest BCUT2D eigenvalue weighted by molar-refractivity contribution is 5.18. The van der Waals surface area contributed by atoms with E-state index in [0.717, 1.165) is 5.56 Å². The van der Waals surface area contributed by atoms with Crippen molar-refractivity contribution in [2.75, 3.05) is 0 Å². The van der Waals surface area contributed by atoms with Crippen LogP contribution >= 0.6 is 0 Å². The molecule has 0 aromatic heterocycles. The number of hydrogen-bond acceptors (Lipinski definition) is 2. The summed E-state index contributed by atoms with van der Waals surface area (Å²) in [5.41, 5.74) is 1.12. The SMILES string of the molecule is CC1OC1(O)Cc1ccccc1. The molecule has 2 nitrogen and oxygen atoms in total. The van der Waals surface area contributed by atoms with Crippen molar-refractivity contribution in [3.8, 4) is 0 Å². The van der Waals surface area contributed by atoms with E-state index >= 15 is 0 Å². The van der Waals surface area contributed by atoms with Crippen molar-refractivity contribution in [3.05, 3.63) is 35.9 Å². The van der Waals surface area contributed by atoms with E-state index in [9.17, 15) is 5.11 Å². The molecule has 0 radical (unpaired) electrons. The average molecular weight is 164 g/mol. The summed E-state index contributed by atoms with van der Waals surface area (Å²) in [5, 5.41) is 9.63. The average Bonchev–Trinajstić information content (AvgIpc) is 2.61. The monoisotopic (exact) mass is 164 g/mol. The molecule has 1 aromatic rings. The minimum absolute atomic E-state index is 0.0160. The van der Waals surface area contributed by atoms with Crippen LogP contribution in [0.4, 0.5) is 0 Å². The van der Waals surface area contributed by atoms with Crippen LogP contribution in [0.25, 0.3) is 0 Å². The molecule has 0 aliphatic carbocycles. The van der Waals surface area contributed by atoms with Gasteiger partial charge in [0.15, 0.2) is 5.79 Å². The van der Waals surface area contributed by atoms with E-state index in [4.69, 9.17) is 4.74 Å². The van der Waals surface area contributed by atoms with Crippen LogP contribution in [0.2, 0.25) is 0 Å². The summed E-state index contributed by atoms with van der Waals surface area (Å²) < 4.78 is 5.06. The number of hydrogen-bond donors (Lipinski definition) is 1. The van der Waals surface area contributed by atoms with Crippen LogP contribution in [-0.2, 0) is 11.2 Å². The molecule has 2 unspecified atom stereocenters. The molecular formula is C10H12O2. The van der Waals surface area contributed by atoms with Crippen LogP contribution < -0.4 is 0 Å². The minimum Gasteiger partial charge on any atom is -0.363 e. The predicted octanol–water partition coefficient (Wildman–Crippen LogP) is 1.34. The summed E-state index contributed by atoms with van der Waals surface area (Å²) in [7, 11) is 0. The Morgan fingerprint density at radius 3 is 2.50 bits per heavy atom. The first-order valence-corrected chi connectivity index (χ1v) is 4.15. The maximum absolute atomic E-state index is 9.63. The Morgan fingerprint density at radius 1 is 1.42 bits per heavy atom. The molecule has 2 atom stereocenters. The lowest BCUT2D eigenvalue weighted by molar-refractivity contribution is 0.0371. The summed E-state index contributed by atoms with van der Waals surface area (Å²) in [5.74, 6) is -0.888. The number of aliphatic hydroxyl groups is 1. The highest BCUT2D eigenvalue weighted by Crippen LogP contribution is 2.36. The van der Waals surface area contributed by atoms with Crippen LogP contribution in [0, 0.1) is 0 Å². The maximum Gasteiger partial charge on any atom is 0.196 e. The third kappa shape index (κ3) is 1.36. The van der Waals surface area contributed by atoms with Crippen molar-refractivity contribution in [3.63, 3.8) is 0 Å². The molecular weight excluding hydrogens is 152 g/mol. The fourth-order valence-electron chi connectivity index (χ4n) is 1.35. The second-order valence-electron chi connectivity index (χ2n) is 3.27. The Labute approximate surface area is 71.8 Å². The van der Waals surface area contributed by atoms with Gasteiger partial charge in [0.05, 0.1) is 0 Å². The van der Waals surface area contributed by atoms with Crippen LogP contribution in [0.1, 0.15) is 12.5 Å². The molecule has 12 heavy (non-hydrogen) atoms. The minimum atomic E-state index is -0.888. The quantitative estimate of drug-likeness (QED) is 0.669. The third-order valence-corrected chi connectivity index (χ3v) is 2.26. The molecule has 0 bridgehead atoms. The highest BCUT2D eigenvalue weighted by Gasteiger charge is 2.51. The molecule has 0 amide bonds. The Morgan fingerprint density at radius 2 is 2.00 bits per heavy atom. The second-order valence-corrected chi connectivity index (χ2v) is 3.27. The van der Waals surface area contributed by atoms with Crippen molar-refractivity contribution >= 4 is 0 Å². The molecule has 0 spiro atoms. The first-order chi connectivity index (χ1) is 5.71. The summed E-state index contributed by atoms with van der Waals surface area (Å²) >= 11 is 0. The van der Waals surface area contributed by atoms with Crippen molar-refractivity contribution in [2.45, 2.75) is 25.2 Å². The Hall–Kier alpha value is -0.860. The summed E-state index contributed by atoms with van der Waals surface area (Å²) in [6.45, 7) is 1.88. The standard InChI is InChI=1S/C10H12O2/c1-8-10(11,12-8)7-9-5-3-2-4-6-9/h2-6,8,11H,7H2,1H3. The smallest absolute Gasteiger partial charge is 0.196 e. The number of epoxide rings is 1. The van der Waals surface area contributed by atoms with E-state index < -0.39 is 5.79 Å². The van der Waals surface area contributed by atoms with Crippen LogP contribution in [0.5, 0.6) is 0 Å². The largest absolute Gasteiger partial charge is 0.363 e. The van der Waals surface area contributed by atoms with Gasteiger partial charge in [-0.05, 0) is 12.5 Å². The van der Waals surface area contributed by atoms with Gasteiger partial charge in [0.1, 0.15) is 6.10 Å². The van der Waals surface area contributed by atoms with Gasteiger partial charge >= 0.3 is 0 Å². The first-order valence-electron chi connectivity index (χ1n) is 4.15. The normalized spacial score (nSPS) is 33.3. The third-order valence-electron chi connectivity index (χ3n) is 2.26. The maximum atomic E-state index is 9.63. The fraction of sp³-hybridized carbons (Fsp3) is 0.400. The predicted molar refractivity (Wildman–Crippen MR) is 45.6 cm³/mol. The van der Waals surface area contributed by atoms with Gasteiger partial charge in [-0.1, -0.05) is 30.3 Å². The van der Waals surface area contributed by atoms with Gasteiger partial charge in [0, 0.05) is 6.42 Å². The van der Waals surface area contributed by atoms with Crippen molar-refractivity contribution in [2.24, 2.45) is 0 Å². The topological polar surface area (TPSA) is 32.8 Å². The van der Waals surface area contributed by atoms with Gasteiger partial charge in [0.2, 0.25) is 0 Å². The van der Waals surface area contributed by atoms with E-state index in [1.54, 1.807) is 0 Å².